The number of rotatable bonds is 1. The highest BCUT2D eigenvalue weighted by Gasteiger charge is 2.38. The van der Waals surface area contributed by atoms with E-state index in [1.807, 2.05) is 17.0 Å². The first-order chi connectivity index (χ1) is 7.34. The molecule has 2 aliphatic heterocycles. The molecule has 4 nitrogen and oxygen atoms in total. The number of amides is 1. The Hall–Kier alpha value is -1.00. The van der Waals surface area contributed by atoms with Gasteiger partial charge < -0.3 is 15.2 Å². The fraction of sp³-hybridized carbons (Fsp3) is 0.545. The van der Waals surface area contributed by atoms with Crippen molar-refractivity contribution in [1.82, 2.24) is 15.2 Å². The topological polar surface area (TPSA) is 48.1 Å². The first kappa shape index (κ1) is 11.5. The van der Waals surface area contributed by atoms with Crippen LogP contribution in [0.1, 0.15) is 10.5 Å². The van der Waals surface area contributed by atoms with Crippen molar-refractivity contribution in [3.63, 3.8) is 0 Å². The maximum atomic E-state index is 12.0. The van der Waals surface area contributed by atoms with Gasteiger partial charge in [0.05, 0.1) is 0 Å². The molecule has 1 amide bonds. The Labute approximate surface area is 101 Å². The second-order valence-electron chi connectivity index (χ2n) is 4.47. The second-order valence-corrected chi connectivity index (χ2v) is 4.47. The molecule has 2 N–H and O–H groups in total. The van der Waals surface area contributed by atoms with Crippen molar-refractivity contribution in [3.05, 3.63) is 24.0 Å². The molecule has 3 heterocycles. The van der Waals surface area contributed by atoms with Crippen LogP contribution in [0.4, 0.5) is 0 Å². The molecular formula is C11H16ClN3O. The largest absolute Gasteiger partial charge is 0.357 e. The van der Waals surface area contributed by atoms with Crippen LogP contribution in [0.25, 0.3) is 0 Å². The van der Waals surface area contributed by atoms with Gasteiger partial charge in [0.1, 0.15) is 5.69 Å². The molecule has 0 saturated carbocycles. The number of hydrogen-bond acceptors (Lipinski definition) is 2. The van der Waals surface area contributed by atoms with Crippen LogP contribution < -0.4 is 5.32 Å². The monoisotopic (exact) mass is 241 g/mol. The molecule has 2 saturated heterocycles. The summed E-state index contributed by atoms with van der Waals surface area (Å²) in [5, 5.41) is 3.37. The third-order valence-corrected chi connectivity index (χ3v) is 3.51. The van der Waals surface area contributed by atoms with E-state index in [4.69, 9.17) is 0 Å². The van der Waals surface area contributed by atoms with Crippen LogP contribution in [0.5, 0.6) is 0 Å². The number of H-pyrrole nitrogens is 1. The summed E-state index contributed by atoms with van der Waals surface area (Å²) in [5.74, 6) is 1.49. The minimum absolute atomic E-state index is 0. The molecule has 1 aromatic heterocycles. The summed E-state index contributed by atoms with van der Waals surface area (Å²) in [6.07, 6.45) is 1.80. The molecule has 3 rings (SSSR count). The molecule has 0 bridgehead atoms. The maximum absolute atomic E-state index is 12.0. The number of carbonyl (C=O) groups is 1. The van der Waals surface area contributed by atoms with Gasteiger partial charge in [-0.3, -0.25) is 4.79 Å². The molecule has 0 radical (unpaired) electrons. The molecule has 2 fully saturated rings. The molecule has 0 aliphatic carbocycles. The predicted molar refractivity (Wildman–Crippen MR) is 63.8 cm³/mol. The Morgan fingerprint density at radius 3 is 2.56 bits per heavy atom. The molecule has 1 aromatic rings. The van der Waals surface area contributed by atoms with Gasteiger partial charge in [0.2, 0.25) is 0 Å². The Balaban J connectivity index is 0.000000963. The van der Waals surface area contributed by atoms with Crippen LogP contribution in [-0.2, 0) is 0 Å². The van der Waals surface area contributed by atoms with Gasteiger partial charge in [-0.05, 0) is 24.0 Å². The number of aromatic amines is 1. The van der Waals surface area contributed by atoms with Crippen LogP contribution in [0.3, 0.4) is 0 Å². The summed E-state index contributed by atoms with van der Waals surface area (Å²) in [7, 11) is 0. The highest BCUT2D eigenvalue weighted by Crippen LogP contribution is 2.27. The summed E-state index contributed by atoms with van der Waals surface area (Å²) in [5.41, 5.74) is 0.711. The lowest BCUT2D eigenvalue weighted by molar-refractivity contribution is 0.0776. The predicted octanol–water partition coefficient (Wildman–Crippen LogP) is 0.728. The molecule has 0 spiro atoms. The standard InChI is InChI=1S/C11H15N3O.ClH/c15-11(10-2-1-3-13-10)14-6-8-4-12-5-9(8)7-14;/h1-3,8-9,12-13H,4-7H2;1H/t8-,9+;. The molecular weight excluding hydrogens is 226 g/mol. The average Bonchev–Trinajstić information content (AvgIpc) is 2.92. The third kappa shape index (κ3) is 1.83. The lowest BCUT2D eigenvalue weighted by Crippen LogP contribution is -2.32. The van der Waals surface area contributed by atoms with Gasteiger partial charge in [-0.1, -0.05) is 0 Å². The van der Waals surface area contributed by atoms with Crippen molar-refractivity contribution in [3.8, 4) is 0 Å². The van der Waals surface area contributed by atoms with Gasteiger partial charge in [0, 0.05) is 32.4 Å². The summed E-state index contributed by atoms with van der Waals surface area (Å²) < 4.78 is 0. The van der Waals surface area contributed by atoms with Crippen molar-refractivity contribution >= 4 is 18.3 Å². The first-order valence-electron chi connectivity index (χ1n) is 5.48. The minimum atomic E-state index is 0. The van der Waals surface area contributed by atoms with Crippen LogP contribution in [-0.4, -0.2) is 42.0 Å². The van der Waals surface area contributed by atoms with Gasteiger partial charge in [0.25, 0.3) is 5.91 Å². The van der Waals surface area contributed by atoms with Crippen molar-refractivity contribution in [2.45, 2.75) is 0 Å². The average molecular weight is 242 g/mol. The SMILES string of the molecule is Cl.O=C(c1ccc[nH]1)N1C[C@H]2CNC[C@H]2C1. The molecule has 16 heavy (non-hydrogen) atoms. The molecule has 2 atom stereocenters. The third-order valence-electron chi connectivity index (χ3n) is 3.51. The second kappa shape index (κ2) is 4.47. The highest BCUT2D eigenvalue weighted by molar-refractivity contribution is 5.92. The van der Waals surface area contributed by atoms with Gasteiger partial charge >= 0.3 is 0 Å². The highest BCUT2D eigenvalue weighted by atomic mass is 35.5. The first-order valence-corrected chi connectivity index (χ1v) is 5.48. The zero-order chi connectivity index (χ0) is 10.3. The van der Waals surface area contributed by atoms with E-state index < -0.39 is 0 Å². The van der Waals surface area contributed by atoms with E-state index in [1.165, 1.54) is 0 Å². The van der Waals surface area contributed by atoms with E-state index in [2.05, 4.69) is 10.3 Å². The number of halogens is 1. The molecule has 0 aromatic carbocycles. The maximum Gasteiger partial charge on any atom is 0.270 e. The van der Waals surface area contributed by atoms with E-state index in [1.54, 1.807) is 6.20 Å². The lowest BCUT2D eigenvalue weighted by Gasteiger charge is -2.16. The zero-order valence-corrected chi connectivity index (χ0v) is 9.80. The van der Waals surface area contributed by atoms with Gasteiger partial charge in [-0.25, -0.2) is 0 Å². The van der Waals surface area contributed by atoms with E-state index >= 15 is 0 Å². The number of nitrogens with one attached hydrogen (secondary N) is 2. The van der Waals surface area contributed by atoms with Crippen LogP contribution >= 0.6 is 12.4 Å². The summed E-state index contributed by atoms with van der Waals surface area (Å²) in [4.78, 5) is 17.0. The number of fused-ring (bicyclic) bond motifs is 1. The smallest absolute Gasteiger partial charge is 0.270 e. The summed E-state index contributed by atoms with van der Waals surface area (Å²) in [6.45, 7) is 3.96. The van der Waals surface area contributed by atoms with E-state index in [0.717, 1.165) is 26.2 Å². The summed E-state index contributed by atoms with van der Waals surface area (Å²) >= 11 is 0. The van der Waals surface area contributed by atoms with Crippen LogP contribution in [0.15, 0.2) is 18.3 Å². The Bertz CT molecular complexity index is 353. The number of hydrogen-bond donors (Lipinski definition) is 2. The van der Waals surface area contributed by atoms with Gasteiger partial charge in [0.15, 0.2) is 0 Å². The van der Waals surface area contributed by atoms with Crippen molar-refractivity contribution in [1.29, 1.82) is 0 Å². The lowest BCUT2D eigenvalue weighted by atomic mass is 10.0. The molecule has 88 valence electrons. The number of likely N-dealkylation sites (tertiary alicyclic amines) is 1. The number of nitrogens with zero attached hydrogens (tertiary/aromatic N) is 1. The minimum Gasteiger partial charge on any atom is -0.357 e. The van der Waals surface area contributed by atoms with Gasteiger partial charge in [-0.15, -0.1) is 12.4 Å². The Morgan fingerprint density at radius 1 is 1.31 bits per heavy atom. The Kier molecular flexibility index (Phi) is 3.21. The van der Waals surface area contributed by atoms with Crippen molar-refractivity contribution < 1.29 is 4.79 Å². The zero-order valence-electron chi connectivity index (χ0n) is 8.98. The number of carbonyl (C=O) groups excluding carboxylic acids is 1. The molecule has 2 aliphatic rings. The van der Waals surface area contributed by atoms with Crippen molar-refractivity contribution in [2.75, 3.05) is 26.2 Å². The summed E-state index contributed by atoms with van der Waals surface area (Å²) in [6, 6.07) is 3.71. The van der Waals surface area contributed by atoms with Crippen LogP contribution in [0.2, 0.25) is 0 Å². The van der Waals surface area contributed by atoms with E-state index in [0.29, 0.717) is 17.5 Å². The molecule has 0 unspecified atom stereocenters. The quantitative estimate of drug-likeness (QED) is 0.762. The van der Waals surface area contributed by atoms with Crippen LogP contribution in [0, 0.1) is 11.8 Å². The molecule has 5 heteroatoms. The normalized spacial score (nSPS) is 27.6. The fourth-order valence-corrected chi connectivity index (χ4v) is 2.65. The number of aromatic nitrogens is 1. The van der Waals surface area contributed by atoms with E-state index in [-0.39, 0.29) is 18.3 Å². The fourth-order valence-electron chi connectivity index (χ4n) is 2.65. The van der Waals surface area contributed by atoms with E-state index in [9.17, 15) is 4.79 Å². The Morgan fingerprint density at radius 2 is 2.00 bits per heavy atom. The van der Waals surface area contributed by atoms with Gasteiger partial charge in [-0.2, -0.15) is 0 Å². The van der Waals surface area contributed by atoms with Crippen molar-refractivity contribution in [2.24, 2.45) is 11.8 Å².